The first-order valence-corrected chi connectivity index (χ1v) is 33.4. The molecule has 79 heavy (non-hydrogen) atoms. The van der Waals surface area contributed by atoms with Gasteiger partial charge in [0.25, 0.3) is 0 Å². The van der Waals surface area contributed by atoms with Gasteiger partial charge in [0.2, 0.25) is 0 Å². The van der Waals surface area contributed by atoms with Crippen LogP contribution in [-0.2, 0) is 28.6 Å². The Morgan fingerprint density at radius 3 is 0.785 bits per heavy atom. The molecule has 0 heterocycles. The molecule has 0 saturated carbocycles. The Bertz CT molecular complexity index is 1590. The molecule has 0 rings (SSSR count). The first-order chi connectivity index (χ1) is 39.0. The minimum absolute atomic E-state index is 0.0851. The summed E-state index contributed by atoms with van der Waals surface area (Å²) < 4.78 is 16.8. The molecule has 0 bridgehead atoms. The van der Waals surface area contributed by atoms with Gasteiger partial charge in [0.05, 0.1) is 0 Å². The third-order valence-electron chi connectivity index (χ3n) is 14.3. The molecule has 0 N–H and O–H groups in total. The number of hydrogen-bond donors (Lipinski definition) is 0. The van der Waals surface area contributed by atoms with Crippen molar-refractivity contribution < 1.29 is 28.6 Å². The molecule has 0 spiro atoms. The fraction of sp³-hybridized carbons (Fsp3) is 0.712. The lowest BCUT2D eigenvalue weighted by atomic mass is 10.0. The van der Waals surface area contributed by atoms with Crippen LogP contribution in [0.25, 0.3) is 0 Å². The number of hydrogen-bond acceptors (Lipinski definition) is 6. The van der Waals surface area contributed by atoms with E-state index in [1.807, 2.05) is 0 Å². The highest BCUT2D eigenvalue weighted by atomic mass is 16.6. The second-order valence-corrected chi connectivity index (χ2v) is 22.0. The average Bonchev–Trinajstić information content (AvgIpc) is 3.45. The van der Waals surface area contributed by atoms with E-state index in [1.54, 1.807) is 0 Å². The SMILES string of the molecule is CC/C=C\C/C=C\C/C=C\C/C=C\C/C=C\C/C=C\C/C=C\C/C=C\CCCCCCC(=O)OCC(COC(=O)CCCCCCCCC)OC(=O)CCCCCCCCCCCCCCC/C=C\CCCCCCCCCC. The summed E-state index contributed by atoms with van der Waals surface area (Å²) >= 11 is 0. The molecule has 6 heteroatoms. The summed E-state index contributed by atoms with van der Waals surface area (Å²) in [6.07, 6.45) is 91.3. The zero-order valence-corrected chi connectivity index (χ0v) is 51.9. The molecule has 6 nitrogen and oxygen atoms in total. The van der Waals surface area contributed by atoms with Crippen molar-refractivity contribution in [1.29, 1.82) is 0 Å². The molecule has 1 unspecified atom stereocenters. The van der Waals surface area contributed by atoms with Crippen LogP contribution in [0.15, 0.2) is 109 Å². The van der Waals surface area contributed by atoms with Crippen LogP contribution >= 0.6 is 0 Å². The number of carbonyl (C=O) groups is 3. The topological polar surface area (TPSA) is 78.9 Å². The molecule has 452 valence electrons. The summed E-state index contributed by atoms with van der Waals surface area (Å²) in [5.41, 5.74) is 0. The van der Waals surface area contributed by atoms with Gasteiger partial charge in [-0.25, -0.2) is 0 Å². The highest BCUT2D eigenvalue weighted by molar-refractivity contribution is 5.71. The van der Waals surface area contributed by atoms with Crippen LogP contribution in [0, 0.1) is 0 Å². The average molecular weight is 1100 g/mol. The molecule has 0 aliphatic rings. The Morgan fingerprint density at radius 2 is 0.494 bits per heavy atom. The molecule has 0 aliphatic carbocycles. The maximum absolute atomic E-state index is 12.9. The molecule has 0 aromatic heterocycles. The summed E-state index contributed by atoms with van der Waals surface area (Å²) in [5, 5.41) is 0. The zero-order chi connectivity index (χ0) is 57.1. The lowest BCUT2D eigenvalue weighted by Crippen LogP contribution is -2.30. The van der Waals surface area contributed by atoms with Crippen LogP contribution in [0.2, 0.25) is 0 Å². The second-order valence-electron chi connectivity index (χ2n) is 22.0. The van der Waals surface area contributed by atoms with Crippen LogP contribution in [0.5, 0.6) is 0 Å². The van der Waals surface area contributed by atoms with Gasteiger partial charge < -0.3 is 14.2 Å². The number of unbranched alkanes of at least 4 members (excludes halogenated alkanes) is 31. The molecule has 0 aromatic carbocycles. The van der Waals surface area contributed by atoms with Gasteiger partial charge in [0, 0.05) is 19.3 Å². The van der Waals surface area contributed by atoms with Crippen LogP contribution < -0.4 is 0 Å². The lowest BCUT2D eigenvalue weighted by Gasteiger charge is -2.18. The Hall–Kier alpha value is -3.93. The van der Waals surface area contributed by atoms with Gasteiger partial charge in [-0.05, 0) is 109 Å². The van der Waals surface area contributed by atoms with E-state index in [1.165, 1.54) is 154 Å². The molecule has 0 fully saturated rings. The smallest absolute Gasteiger partial charge is 0.306 e. The summed E-state index contributed by atoms with van der Waals surface area (Å²) in [6.45, 7) is 6.49. The first-order valence-electron chi connectivity index (χ1n) is 33.4. The van der Waals surface area contributed by atoms with Crippen molar-refractivity contribution in [3.8, 4) is 0 Å². The number of allylic oxidation sites excluding steroid dienone is 18. The Labute approximate surface area is 489 Å². The van der Waals surface area contributed by atoms with Crippen molar-refractivity contribution >= 4 is 17.9 Å². The van der Waals surface area contributed by atoms with Crippen LogP contribution in [0.3, 0.4) is 0 Å². The summed E-state index contributed by atoms with van der Waals surface area (Å²) in [6, 6.07) is 0. The predicted molar refractivity (Wildman–Crippen MR) is 343 cm³/mol. The van der Waals surface area contributed by atoms with Gasteiger partial charge in [-0.1, -0.05) is 297 Å². The number of carbonyl (C=O) groups excluding carboxylic acids is 3. The van der Waals surface area contributed by atoms with Crippen LogP contribution in [0.4, 0.5) is 0 Å². The Balaban J connectivity index is 4.19. The van der Waals surface area contributed by atoms with Gasteiger partial charge >= 0.3 is 17.9 Å². The zero-order valence-electron chi connectivity index (χ0n) is 51.9. The van der Waals surface area contributed by atoms with E-state index in [2.05, 4.69) is 130 Å². The van der Waals surface area contributed by atoms with E-state index in [0.29, 0.717) is 19.3 Å². The molecular formula is C73H124O6. The maximum atomic E-state index is 12.9. The van der Waals surface area contributed by atoms with Crippen LogP contribution in [0.1, 0.15) is 316 Å². The molecule has 1 atom stereocenters. The van der Waals surface area contributed by atoms with Gasteiger partial charge in [0.1, 0.15) is 13.2 Å². The fourth-order valence-corrected chi connectivity index (χ4v) is 9.28. The fourth-order valence-electron chi connectivity index (χ4n) is 9.28. The monoisotopic (exact) mass is 1100 g/mol. The molecule has 0 saturated heterocycles. The predicted octanol–water partition coefficient (Wildman–Crippen LogP) is 23.0. The van der Waals surface area contributed by atoms with E-state index in [9.17, 15) is 14.4 Å². The van der Waals surface area contributed by atoms with Crippen molar-refractivity contribution in [2.24, 2.45) is 0 Å². The van der Waals surface area contributed by atoms with Gasteiger partial charge in [-0.2, -0.15) is 0 Å². The van der Waals surface area contributed by atoms with E-state index >= 15 is 0 Å². The van der Waals surface area contributed by atoms with E-state index in [-0.39, 0.29) is 31.1 Å². The highest BCUT2D eigenvalue weighted by Crippen LogP contribution is 2.16. The van der Waals surface area contributed by atoms with E-state index in [4.69, 9.17) is 14.2 Å². The first kappa shape index (κ1) is 75.1. The van der Waals surface area contributed by atoms with Gasteiger partial charge in [-0.15, -0.1) is 0 Å². The van der Waals surface area contributed by atoms with Crippen molar-refractivity contribution in [2.45, 2.75) is 322 Å². The number of esters is 3. The van der Waals surface area contributed by atoms with E-state index in [0.717, 1.165) is 122 Å². The second kappa shape index (κ2) is 66.6. The molecular weight excluding hydrogens is 973 g/mol. The Morgan fingerprint density at radius 1 is 0.266 bits per heavy atom. The third-order valence-corrected chi connectivity index (χ3v) is 14.3. The van der Waals surface area contributed by atoms with Crippen molar-refractivity contribution in [1.82, 2.24) is 0 Å². The normalized spacial score (nSPS) is 12.8. The summed E-state index contributed by atoms with van der Waals surface area (Å²) in [7, 11) is 0. The lowest BCUT2D eigenvalue weighted by molar-refractivity contribution is -0.167. The maximum Gasteiger partial charge on any atom is 0.306 e. The van der Waals surface area contributed by atoms with Gasteiger partial charge in [0.15, 0.2) is 6.10 Å². The Kier molecular flexibility index (Phi) is 63.3. The summed E-state index contributed by atoms with van der Waals surface area (Å²) in [5.74, 6) is -0.910. The van der Waals surface area contributed by atoms with Crippen molar-refractivity contribution in [3.05, 3.63) is 109 Å². The number of ether oxygens (including phenoxy) is 3. The summed E-state index contributed by atoms with van der Waals surface area (Å²) in [4.78, 5) is 38.1. The minimum Gasteiger partial charge on any atom is -0.462 e. The largest absolute Gasteiger partial charge is 0.462 e. The molecule has 0 aromatic rings. The van der Waals surface area contributed by atoms with Gasteiger partial charge in [-0.3, -0.25) is 14.4 Å². The van der Waals surface area contributed by atoms with Crippen LogP contribution in [-0.4, -0.2) is 37.2 Å². The standard InChI is InChI=1S/C73H124O6/c1-4-7-10-13-16-18-20-22-24-26-28-30-32-34-35-36-37-39-40-42-44-46-48-50-52-54-57-60-63-66-72(75)78-69-70(68-77-71(74)65-62-59-56-15-12-9-6-3)79-73(76)67-64-61-58-55-53-51-49-47-45-43-41-38-33-31-29-27-25-23-21-19-17-14-11-8-5-2/h7,10,16,18,22,24,27-30,34-35,37,39,42,44,48,50,70H,4-6,8-9,11-15,17,19-21,23,25-26,31-33,36,38,40-41,43,45-47,49,51-69H2,1-3H3/b10-7-,18-16-,24-22-,29-27-,30-28-,35-34-,39-37-,44-42-,50-48-. The van der Waals surface area contributed by atoms with E-state index < -0.39 is 6.10 Å². The van der Waals surface area contributed by atoms with Crippen molar-refractivity contribution in [3.63, 3.8) is 0 Å². The molecule has 0 radical (unpaired) electrons. The quantitative estimate of drug-likeness (QED) is 0.0261. The highest BCUT2D eigenvalue weighted by Gasteiger charge is 2.19. The minimum atomic E-state index is -0.788. The third kappa shape index (κ3) is 64.8. The molecule has 0 aliphatic heterocycles. The number of rotatable bonds is 60. The molecule has 0 amide bonds. The van der Waals surface area contributed by atoms with Crippen molar-refractivity contribution in [2.75, 3.05) is 13.2 Å².